The Labute approximate surface area is 188 Å². The van der Waals surface area contributed by atoms with E-state index in [0.717, 1.165) is 34.0 Å². The SMILES string of the molecule is CCOc1ccc(-n2c(C)cc(/C=N\NC(=O)C(=O)N[C@@H](C)c3ccccc3)c2C)cc1. The number of aryl methyl sites for hydroxylation is 1. The topological polar surface area (TPSA) is 84.7 Å². The highest BCUT2D eigenvalue weighted by Gasteiger charge is 2.16. The van der Waals surface area contributed by atoms with E-state index in [-0.39, 0.29) is 6.04 Å². The van der Waals surface area contributed by atoms with Crippen LogP contribution in [0.15, 0.2) is 65.8 Å². The van der Waals surface area contributed by atoms with Gasteiger partial charge in [-0.1, -0.05) is 30.3 Å². The van der Waals surface area contributed by atoms with E-state index in [1.165, 1.54) is 0 Å². The number of ether oxygens (including phenoxy) is 1. The van der Waals surface area contributed by atoms with Crippen LogP contribution in [0.4, 0.5) is 0 Å². The summed E-state index contributed by atoms with van der Waals surface area (Å²) in [6.45, 7) is 8.36. The van der Waals surface area contributed by atoms with Crippen molar-refractivity contribution >= 4 is 18.0 Å². The lowest BCUT2D eigenvalue weighted by molar-refractivity contribution is -0.139. The Balaban J connectivity index is 1.63. The lowest BCUT2D eigenvalue weighted by Crippen LogP contribution is -2.39. The second-order valence-corrected chi connectivity index (χ2v) is 7.39. The number of benzene rings is 2. The zero-order valence-electron chi connectivity index (χ0n) is 18.8. The fraction of sp³-hybridized carbons (Fsp3) is 0.240. The molecule has 1 atom stereocenters. The Morgan fingerprint density at radius 2 is 1.75 bits per heavy atom. The summed E-state index contributed by atoms with van der Waals surface area (Å²) in [7, 11) is 0. The molecule has 0 aliphatic rings. The van der Waals surface area contributed by atoms with E-state index in [1.54, 1.807) is 6.21 Å². The quantitative estimate of drug-likeness (QED) is 0.338. The second-order valence-electron chi connectivity index (χ2n) is 7.39. The molecule has 32 heavy (non-hydrogen) atoms. The van der Waals surface area contributed by atoms with Crippen molar-refractivity contribution in [3.63, 3.8) is 0 Å². The van der Waals surface area contributed by atoms with Gasteiger partial charge in [0.25, 0.3) is 0 Å². The maximum absolute atomic E-state index is 12.1. The summed E-state index contributed by atoms with van der Waals surface area (Å²) in [6.07, 6.45) is 1.54. The Bertz CT molecular complexity index is 1100. The van der Waals surface area contributed by atoms with Crippen molar-refractivity contribution in [2.45, 2.75) is 33.7 Å². The molecule has 3 aromatic rings. The van der Waals surface area contributed by atoms with Crippen LogP contribution in [0.25, 0.3) is 5.69 Å². The molecule has 166 valence electrons. The minimum atomic E-state index is -0.815. The number of aromatic nitrogens is 1. The summed E-state index contributed by atoms with van der Waals surface area (Å²) < 4.78 is 7.59. The third-order valence-corrected chi connectivity index (χ3v) is 5.10. The Hall–Kier alpha value is -3.87. The molecule has 7 nitrogen and oxygen atoms in total. The largest absolute Gasteiger partial charge is 0.494 e. The number of carbonyl (C=O) groups is 2. The first-order chi connectivity index (χ1) is 15.4. The van der Waals surface area contributed by atoms with E-state index in [4.69, 9.17) is 4.74 Å². The number of hydrazone groups is 1. The first-order valence-corrected chi connectivity index (χ1v) is 10.5. The average Bonchev–Trinajstić information content (AvgIpc) is 3.08. The zero-order chi connectivity index (χ0) is 23.1. The van der Waals surface area contributed by atoms with E-state index >= 15 is 0 Å². The van der Waals surface area contributed by atoms with Gasteiger partial charge in [0.1, 0.15) is 5.75 Å². The molecule has 0 saturated heterocycles. The lowest BCUT2D eigenvalue weighted by Gasteiger charge is -2.13. The van der Waals surface area contributed by atoms with Crippen LogP contribution in [0.2, 0.25) is 0 Å². The van der Waals surface area contributed by atoms with Gasteiger partial charge in [-0.05, 0) is 63.6 Å². The number of hydrogen-bond acceptors (Lipinski definition) is 4. The number of nitrogens with zero attached hydrogens (tertiary/aromatic N) is 2. The van der Waals surface area contributed by atoms with E-state index < -0.39 is 11.8 Å². The van der Waals surface area contributed by atoms with E-state index in [2.05, 4.69) is 20.4 Å². The van der Waals surface area contributed by atoms with Crippen molar-refractivity contribution in [1.29, 1.82) is 0 Å². The van der Waals surface area contributed by atoms with Crippen molar-refractivity contribution in [3.8, 4) is 11.4 Å². The van der Waals surface area contributed by atoms with Gasteiger partial charge in [0.2, 0.25) is 0 Å². The Kier molecular flexibility index (Phi) is 7.44. The van der Waals surface area contributed by atoms with Crippen LogP contribution < -0.4 is 15.5 Å². The summed E-state index contributed by atoms with van der Waals surface area (Å²) in [5, 5.41) is 6.64. The summed E-state index contributed by atoms with van der Waals surface area (Å²) in [5.41, 5.74) is 7.04. The van der Waals surface area contributed by atoms with Crippen LogP contribution >= 0.6 is 0 Å². The molecule has 3 rings (SSSR count). The second kappa shape index (κ2) is 10.4. The maximum atomic E-state index is 12.1. The third-order valence-electron chi connectivity index (χ3n) is 5.10. The number of carbonyl (C=O) groups excluding carboxylic acids is 2. The van der Waals surface area contributed by atoms with Gasteiger partial charge in [-0.3, -0.25) is 9.59 Å². The average molecular weight is 433 g/mol. The maximum Gasteiger partial charge on any atom is 0.329 e. The fourth-order valence-corrected chi connectivity index (χ4v) is 3.47. The van der Waals surface area contributed by atoms with Crippen LogP contribution in [-0.4, -0.2) is 29.2 Å². The highest BCUT2D eigenvalue weighted by Crippen LogP contribution is 2.22. The highest BCUT2D eigenvalue weighted by atomic mass is 16.5. The van der Waals surface area contributed by atoms with E-state index in [1.807, 2.05) is 88.4 Å². The van der Waals surface area contributed by atoms with Gasteiger partial charge in [0.05, 0.1) is 18.9 Å². The van der Waals surface area contributed by atoms with Crippen molar-refractivity contribution in [2.75, 3.05) is 6.61 Å². The van der Waals surface area contributed by atoms with Crippen LogP contribution in [0.3, 0.4) is 0 Å². The van der Waals surface area contributed by atoms with Crippen molar-refractivity contribution in [3.05, 3.63) is 83.2 Å². The molecule has 0 bridgehead atoms. The lowest BCUT2D eigenvalue weighted by atomic mass is 10.1. The van der Waals surface area contributed by atoms with Crippen molar-refractivity contribution in [2.24, 2.45) is 5.10 Å². The van der Waals surface area contributed by atoms with Gasteiger partial charge < -0.3 is 14.6 Å². The number of nitrogens with one attached hydrogen (secondary N) is 2. The summed E-state index contributed by atoms with van der Waals surface area (Å²) in [6, 6.07) is 19.0. The molecular weight excluding hydrogens is 404 g/mol. The van der Waals surface area contributed by atoms with Gasteiger partial charge in [-0.25, -0.2) is 5.43 Å². The molecule has 2 N–H and O–H groups in total. The fourth-order valence-electron chi connectivity index (χ4n) is 3.47. The van der Waals surface area contributed by atoms with Gasteiger partial charge >= 0.3 is 11.8 Å². The van der Waals surface area contributed by atoms with Crippen molar-refractivity contribution in [1.82, 2.24) is 15.3 Å². The number of hydrogen-bond donors (Lipinski definition) is 2. The van der Waals surface area contributed by atoms with Crippen LogP contribution in [0.1, 0.15) is 42.4 Å². The number of rotatable bonds is 7. The van der Waals surface area contributed by atoms with Crippen LogP contribution in [0.5, 0.6) is 5.75 Å². The molecule has 2 aromatic carbocycles. The minimum absolute atomic E-state index is 0.286. The molecular formula is C25H28N4O3. The molecule has 0 aliphatic heterocycles. The molecule has 0 fully saturated rings. The molecule has 0 aliphatic carbocycles. The first-order valence-electron chi connectivity index (χ1n) is 10.5. The molecule has 0 unspecified atom stereocenters. The predicted molar refractivity (Wildman–Crippen MR) is 125 cm³/mol. The molecule has 0 radical (unpaired) electrons. The van der Waals surface area contributed by atoms with Gasteiger partial charge in [-0.15, -0.1) is 0 Å². The summed E-state index contributed by atoms with van der Waals surface area (Å²) in [4.78, 5) is 24.3. The van der Waals surface area contributed by atoms with Crippen LogP contribution in [0, 0.1) is 13.8 Å². The van der Waals surface area contributed by atoms with E-state index in [0.29, 0.717) is 6.61 Å². The third kappa shape index (κ3) is 5.43. The molecule has 2 amide bonds. The van der Waals surface area contributed by atoms with Crippen molar-refractivity contribution < 1.29 is 14.3 Å². The summed E-state index contributed by atoms with van der Waals surface area (Å²) >= 11 is 0. The molecule has 0 spiro atoms. The highest BCUT2D eigenvalue weighted by molar-refractivity contribution is 6.35. The molecule has 1 heterocycles. The van der Waals surface area contributed by atoms with Gasteiger partial charge in [0, 0.05) is 22.6 Å². The standard InChI is InChI=1S/C25H28N4O3/c1-5-32-23-13-11-22(12-14-23)29-17(2)15-21(19(29)4)16-26-28-25(31)24(30)27-18(3)20-9-7-6-8-10-20/h6-16,18H,5H2,1-4H3,(H,27,30)(H,28,31)/b26-16-/t18-/m0/s1. The zero-order valence-corrected chi connectivity index (χ0v) is 18.8. The Morgan fingerprint density at radius 3 is 2.41 bits per heavy atom. The van der Waals surface area contributed by atoms with E-state index in [9.17, 15) is 9.59 Å². The molecule has 0 saturated carbocycles. The van der Waals surface area contributed by atoms with Crippen LogP contribution in [-0.2, 0) is 9.59 Å². The minimum Gasteiger partial charge on any atom is -0.494 e. The first kappa shape index (κ1) is 22.8. The molecule has 1 aromatic heterocycles. The van der Waals surface area contributed by atoms with Gasteiger partial charge in [0.15, 0.2) is 0 Å². The van der Waals surface area contributed by atoms with Gasteiger partial charge in [-0.2, -0.15) is 5.10 Å². The smallest absolute Gasteiger partial charge is 0.329 e. The normalized spacial score (nSPS) is 11.9. The number of amides is 2. The summed E-state index contributed by atoms with van der Waals surface area (Å²) in [5.74, 6) is -0.731. The molecule has 7 heteroatoms. The monoisotopic (exact) mass is 432 g/mol. The predicted octanol–water partition coefficient (Wildman–Crippen LogP) is 3.82. The Morgan fingerprint density at radius 1 is 1.06 bits per heavy atom.